The van der Waals surface area contributed by atoms with Crippen LogP contribution >= 0.6 is 11.6 Å². The van der Waals surface area contributed by atoms with Crippen molar-refractivity contribution in [2.75, 3.05) is 38.5 Å². The van der Waals surface area contributed by atoms with Crippen molar-refractivity contribution in [1.82, 2.24) is 19.8 Å². The van der Waals surface area contributed by atoms with Crippen LogP contribution < -0.4 is 10.1 Å². The zero-order valence-corrected chi connectivity index (χ0v) is 23.5. The van der Waals surface area contributed by atoms with Gasteiger partial charge >= 0.3 is 6.09 Å². The van der Waals surface area contributed by atoms with E-state index in [4.69, 9.17) is 21.1 Å². The van der Waals surface area contributed by atoms with E-state index < -0.39 is 5.60 Å². The minimum absolute atomic E-state index is 0.0614. The Morgan fingerprint density at radius 3 is 2.53 bits per heavy atom. The molecule has 0 bridgehead atoms. The number of nitrogens with zero attached hydrogens (tertiary/aromatic N) is 4. The van der Waals surface area contributed by atoms with Crippen molar-refractivity contribution >= 4 is 29.4 Å². The van der Waals surface area contributed by atoms with Gasteiger partial charge in [0.05, 0.1) is 12.6 Å². The number of aromatic nitrogens is 2. The van der Waals surface area contributed by atoms with Crippen molar-refractivity contribution in [2.24, 2.45) is 0 Å². The normalized spacial score (nSPS) is 19.2. The zero-order valence-electron chi connectivity index (χ0n) is 22.7. The number of rotatable bonds is 6. The molecular weight excluding hydrogens is 506 g/mol. The molecule has 0 unspecified atom stereocenters. The topological polar surface area (TPSA) is 96.9 Å². The monoisotopic (exact) mass is 543 g/mol. The molecule has 1 N–H and O–H groups in total. The lowest BCUT2D eigenvalue weighted by atomic mass is 9.93. The lowest BCUT2D eigenvalue weighted by Crippen LogP contribution is -2.41. The summed E-state index contributed by atoms with van der Waals surface area (Å²) in [5.41, 5.74) is 1.30. The second kappa shape index (κ2) is 12.3. The Bertz CT molecular complexity index is 1110. The zero-order chi connectivity index (χ0) is 27.3. The smallest absolute Gasteiger partial charge is 0.410 e. The average Bonchev–Trinajstić information content (AvgIpc) is 2.86. The molecule has 38 heavy (non-hydrogen) atoms. The molecule has 2 amide bonds. The molecule has 2 aliphatic rings. The van der Waals surface area contributed by atoms with Crippen molar-refractivity contribution < 1.29 is 19.1 Å². The fourth-order valence-corrected chi connectivity index (χ4v) is 4.96. The Morgan fingerprint density at radius 2 is 1.87 bits per heavy atom. The standard InChI is InChI=1S/C28H38ClN5O4/c1-28(2,3)38-27(36)34-12-9-20(10-13-34)23-8-7-19(16-30-23)14-26(35)32-25-15-24(22(29)17-31-25)37-21-6-5-11-33(4)18-21/h7-8,15-17,20-21H,5-6,9-14,18H2,1-4H3,(H,31,32,35)/t21-/m0/s1. The Labute approximate surface area is 229 Å². The number of pyridine rings is 2. The number of carbonyl (C=O) groups is 2. The number of nitrogens with one attached hydrogen (secondary N) is 1. The second-order valence-corrected chi connectivity index (χ2v) is 11.6. The van der Waals surface area contributed by atoms with Gasteiger partial charge in [-0.2, -0.15) is 0 Å². The highest BCUT2D eigenvalue weighted by Crippen LogP contribution is 2.29. The van der Waals surface area contributed by atoms with Crippen molar-refractivity contribution in [3.63, 3.8) is 0 Å². The predicted octanol–water partition coefficient (Wildman–Crippen LogP) is 4.90. The molecule has 4 heterocycles. The number of amides is 2. The molecule has 2 saturated heterocycles. The molecule has 2 aromatic heterocycles. The molecule has 4 rings (SSSR count). The number of piperidine rings is 2. The average molecular weight is 544 g/mol. The number of likely N-dealkylation sites (N-methyl/N-ethyl adjacent to an activating group) is 1. The van der Waals surface area contributed by atoms with Gasteiger partial charge in [0.15, 0.2) is 0 Å². The van der Waals surface area contributed by atoms with Crippen molar-refractivity contribution in [3.05, 3.63) is 46.9 Å². The van der Waals surface area contributed by atoms with E-state index in [2.05, 4.69) is 27.2 Å². The summed E-state index contributed by atoms with van der Waals surface area (Å²) in [6.07, 6.45) is 6.93. The highest BCUT2D eigenvalue weighted by Gasteiger charge is 2.28. The summed E-state index contributed by atoms with van der Waals surface area (Å²) in [5, 5.41) is 3.26. The van der Waals surface area contributed by atoms with Gasteiger partial charge in [-0.3, -0.25) is 9.78 Å². The first-order valence-corrected chi connectivity index (χ1v) is 13.7. The molecule has 206 valence electrons. The van der Waals surface area contributed by atoms with E-state index in [0.717, 1.165) is 50.0 Å². The van der Waals surface area contributed by atoms with Crippen LogP contribution in [0.25, 0.3) is 0 Å². The van der Waals surface area contributed by atoms with Gasteiger partial charge < -0.3 is 24.6 Å². The molecule has 0 radical (unpaired) electrons. The van der Waals surface area contributed by atoms with Gasteiger partial charge in [-0.1, -0.05) is 17.7 Å². The van der Waals surface area contributed by atoms with Crippen LogP contribution in [0.1, 0.15) is 63.6 Å². The SMILES string of the molecule is CN1CCC[C@H](Oc2cc(NC(=O)Cc3ccc(C4CCN(C(=O)OC(C)(C)C)CC4)nc3)ncc2Cl)C1. The maximum atomic E-state index is 12.7. The van der Waals surface area contributed by atoms with Crippen LogP contribution in [0, 0.1) is 0 Å². The third kappa shape index (κ3) is 8.04. The molecule has 0 spiro atoms. The molecular formula is C28H38ClN5O4. The van der Waals surface area contributed by atoms with Crippen LogP contribution in [0.4, 0.5) is 10.6 Å². The van der Waals surface area contributed by atoms with E-state index in [1.165, 1.54) is 6.20 Å². The highest BCUT2D eigenvalue weighted by atomic mass is 35.5. The van der Waals surface area contributed by atoms with Crippen LogP contribution in [-0.4, -0.2) is 76.7 Å². The van der Waals surface area contributed by atoms with E-state index >= 15 is 0 Å². The molecule has 9 nitrogen and oxygen atoms in total. The summed E-state index contributed by atoms with van der Waals surface area (Å²) in [6, 6.07) is 5.59. The van der Waals surface area contributed by atoms with Gasteiger partial charge in [-0.25, -0.2) is 9.78 Å². The lowest BCUT2D eigenvalue weighted by Gasteiger charge is -2.33. The molecule has 2 aliphatic heterocycles. The first-order valence-electron chi connectivity index (χ1n) is 13.3. The minimum atomic E-state index is -0.496. The number of likely N-dealkylation sites (tertiary alicyclic amines) is 2. The van der Waals surface area contributed by atoms with Crippen molar-refractivity contribution in [1.29, 1.82) is 0 Å². The van der Waals surface area contributed by atoms with Crippen LogP contribution in [-0.2, 0) is 16.0 Å². The fourth-order valence-electron chi connectivity index (χ4n) is 4.81. The number of anilines is 1. The van der Waals surface area contributed by atoms with E-state index in [-0.39, 0.29) is 30.4 Å². The van der Waals surface area contributed by atoms with Gasteiger partial charge in [0.2, 0.25) is 5.91 Å². The maximum Gasteiger partial charge on any atom is 0.410 e. The van der Waals surface area contributed by atoms with Gasteiger partial charge in [-0.15, -0.1) is 0 Å². The first kappa shape index (κ1) is 28.1. The summed E-state index contributed by atoms with van der Waals surface area (Å²) in [6.45, 7) is 8.81. The number of ether oxygens (including phenoxy) is 2. The maximum absolute atomic E-state index is 12.7. The number of hydrogen-bond donors (Lipinski definition) is 1. The Morgan fingerprint density at radius 1 is 1.11 bits per heavy atom. The van der Waals surface area contributed by atoms with Crippen LogP contribution in [0.3, 0.4) is 0 Å². The summed E-state index contributed by atoms with van der Waals surface area (Å²) < 4.78 is 11.6. The van der Waals surface area contributed by atoms with E-state index in [1.54, 1.807) is 17.2 Å². The van der Waals surface area contributed by atoms with Gasteiger partial charge in [0, 0.05) is 43.5 Å². The molecule has 0 aromatic carbocycles. The van der Waals surface area contributed by atoms with E-state index in [1.807, 2.05) is 32.9 Å². The summed E-state index contributed by atoms with van der Waals surface area (Å²) in [7, 11) is 2.08. The van der Waals surface area contributed by atoms with Crippen LogP contribution in [0.5, 0.6) is 5.75 Å². The molecule has 2 fully saturated rings. The molecule has 0 aliphatic carbocycles. The molecule has 10 heteroatoms. The van der Waals surface area contributed by atoms with Gasteiger partial charge in [0.1, 0.15) is 28.3 Å². The van der Waals surface area contributed by atoms with Crippen molar-refractivity contribution in [3.8, 4) is 5.75 Å². The number of carbonyl (C=O) groups excluding carboxylic acids is 2. The summed E-state index contributed by atoms with van der Waals surface area (Å²) in [4.78, 5) is 37.8. The lowest BCUT2D eigenvalue weighted by molar-refractivity contribution is -0.115. The number of halogens is 1. The first-order chi connectivity index (χ1) is 18.1. The Balaban J connectivity index is 1.27. The summed E-state index contributed by atoms with van der Waals surface area (Å²) >= 11 is 6.30. The predicted molar refractivity (Wildman–Crippen MR) is 147 cm³/mol. The molecule has 0 saturated carbocycles. The van der Waals surface area contributed by atoms with Crippen LogP contribution in [0.2, 0.25) is 5.02 Å². The minimum Gasteiger partial charge on any atom is -0.487 e. The largest absolute Gasteiger partial charge is 0.487 e. The van der Waals surface area contributed by atoms with E-state index in [0.29, 0.717) is 29.7 Å². The third-order valence-electron chi connectivity index (χ3n) is 6.74. The third-order valence-corrected chi connectivity index (χ3v) is 7.02. The quantitative estimate of drug-likeness (QED) is 0.553. The Kier molecular flexibility index (Phi) is 9.10. The number of hydrogen-bond acceptors (Lipinski definition) is 7. The molecule has 2 aromatic rings. The van der Waals surface area contributed by atoms with Crippen LogP contribution in [0.15, 0.2) is 30.6 Å². The van der Waals surface area contributed by atoms with Gasteiger partial charge in [-0.05, 0) is 71.7 Å². The fraction of sp³-hybridized carbons (Fsp3) is 0.571. The summed E-state index contributed by atoms with van der Waals surface area (Å²) in [5.74, 6) is 1.02. The van der Waals surface area contributed by atoms with Crippen molar-refractivity contribution in [2.45, 2.75) is 70.5 Å². The molecule has 1 atom stereocenters. The highest BCUT2D eigenvalue weighted by molar-refractivity contribution is 6.32. The van der Waals surface area contributed by atoms with E-state index in [9.17, 15) is 9.59 Å². The Hall–Kier alpha value is -2.91. The van der Waals surface area contributed by atoms with Gasteiger partial charge in [0.25, 0.3) is 0 Å². The second-order valence-electron chi connectivity index (χ2n) is 11.2.